The van der Waals surface area contributed by atoms with E-state index in [0.717, 1.165) is 22.9 Å². The van der Waals surface area contributed by atoms with Crippen molar-refractivity contribution in [2.75, 3.05) is 0 Å². The van der Waals surface area contributed by atoms with Crippen LogP contribution in [0.1, 0.15) is 11.1 Å². The van der Waals surface area contributed by atoms with Gasteiger partial charge in [0.25, 0.3) is 11.1 Å². The average molecular weight is 346 g/mol. The molecule has 0 aliphatic carbocycles. The Hall–Kier alpha value is -2.24. The van der Waals surface area contributed by atoms with E-state index in [1.807, 2.05) is 0 Å². The molecule has 0 atom stereocenters. The third-order valence-corrected chi connectivity index (χ3v) is 4.48. The van der Waals surface area contributed by atoms with Crippen molar-refractivity contribution in [1.29, 1.82) is 0 Å². The monoisotopic (exact) mass is 345 g/mol. The van der Waals surface area contributed by atoms with Crippen LogP contribution < -0.4 is 0 Å². The molecule has 6 heteroatoms. The van der Waals surface area contributed by atoms with E-state index < -0.39 is 0 Å². The van der Waals surface area contributed by atoms with Crippen molar-refractivity contribution in [2.45, 2.75) is 6.54 Å². The number of halogens is 1. The van der Waals surface area contributed by atoms with Crippen LogP contribution in [0.15, 0.2) is 53.4 Å². The molecule has 1 heterocycles. The largest absolute Gasteiger partial charge is 0.508 e. The molecule has 0 radical (unpaired) electrons. The molecular weight excluding hydrogens is 334 g/mol. The van der Waals surface area contributed by atoms with E-state index in [2.05, 4.69) is 0 Å². The van der Waals surface area contributed by atoms with Crippen molar-refractivity contribution >= 4 is 40.6 Å². The normalized spacial score (nSPS) is 16.4. The predicted octanol–water partition coefficient (Wildman–Crippen LogP) is 4.28. The third kappa shape index (κ3) is 3.57. The van der Waals surface area contributed by atoms with E-state index in [4.69, 9.17) is 11.6 Å². The summed E-state index contributed by atoms with van der Waals surface area (Å²) in [5.74, 6) is -0.166. The maximum Gasteiger partial charge on any atom is 0.293 e. The molecule has 2 aromatic rings. The van der Waals surface area contributed by atoms with Crippen LogP contribution in [0.5, 0.6) is 5.75 Å². The number of phenolic OH excluding ortho intramolecular Hbond substituents is 1. The summed E-state index contributed by atoms with van der Waals surface area (Å²) in [5, 5.41) is 9.58. The van der Waals surface area contributed by atoms with Crippen LogP contribution in [0.4, 0.5) is 4.79 Å². The number of imide groups is 1. The molecule has 4 nitrogen and oxygen atoms in total. The standard InChI is InChI=1S/C17H12ClNO3S/c18-13-5-1-12(2-6-13)10-19-16(21)15(23-17(19)22)9-11-3-7-14(20)8-4-11/h1-9,20H,10H2/b15-9-. The van der Waals surface area contributed by atoms with E-state index in [0.29, 0.717) is 9.93 Å². The molecule has 23 heavy (non-hydrogen) atoms. The van der Waals surface area contributed by atoms with E-state index >= 15 is 0 Å². The molecule has 0 aromatic heterocycles. The fourth-order valence-corrected chi connectivity index (χ4v) is 3.09. The number of aromatic hydroxyl groups is 1. The highest BCUT2D eigenvalue weighted by Crippen LogP contribution is 2.33. The molecular formula is C17H12ClNO3S. The van der Waals surface area contributed by atoms with Gasteiger partial charge in [-0.05, 0) is 53.2 Å². The molecule has 0 spiro atoms. The van der Waals surface area contributed by atoms with E-state index in [1.54, 1.807) is 42.5 Å². The number of carbonyl (C=O) groups is 2. The van der Waals surface area contributed by atoms with Crippen LogP contribution in [-0.2, 0) is 11.3 Å². The van der Waals surface area contributed by atoms with Crippen LogP contribution in [0.2, 0.25) is 5.02 Å². The first kappa shape index (κ1) is 15.6. The molecule has 1 aliphatic heterocycles. The first-order valence-corrected chi connectivity index (χ1v) is 8.01. The zero-order chi connectivity index (χ0) is 16.4. The fraction of sp³-hybridized carbons (Fsp3) is 0.0588. The SMILES string of the molecule is O=C1S/C(=C\c2ccc(O)cc2)C(=O)N1Cc1ccc(Cl)cc1. The lowest BCUT2D eigenvalue weighted by molar-refractivity contribution is -0.123. The number of hydrogen-bond donors (Lipinski definition) is 1. The van der Waals surface area contributed by atoms with E-state index in [-0.39, 0.29) is 23.4 Å². The van der Waals surface area contributed by atoms with E-state index in [9.17, 15) is 14.7 Å². The molecule has 1 aliphatic rings. The van der Waals surface area contributed by atoms with Gasteiger partial charge in [0.1, 0.15) is 5.75 Å². The van der Waals surface area contributed by atoms with Gasteiger partial charge in [0, 0.05) is 5.02 Å². The Morgan fingerprint density at radius 1 is 1.04 bits per heavy atom. The van der Waals surface area contributed by atoms with Gasteiger partial charge >= 0.3 is 0 Å². The third-order valence-electron chi connectivity index (χ3n) is 3.32. The number of nitrogens with zero attached hydrogens (tertiary/aromatic N) is 1. The smallest absolute Gasteiger partial charge is 0.293 e. The Bertz CT molecular complexity index is 784. The number of benzene rings is 2. The first-order chi connectivity index (χ1) is 11.0. The molecule has 116 valence electrons. The van der Waals surface area contributed by atoms with Crippen LogP contribution in [0, 0.1) is 0 Å². The number of carbonyl (C=O) groups excluding carboxylic acids is 2. The number of rotatable bonds is 3. The molecule has 3 rings (SSSR count). The van der Waals surface area contributed by atoms with Gasteiger partial charge in [-0.25, -0.2) is 0 Å². The van der Waals surface area contributed by atoms with Gasteiger partial charge in [0.15, 0.2) is 0 Å². The van der Waals surface area contributed by atoms with Crippen molar-refractivity contribution in [3.05, 3.63) is 69.6 Å². The Morgan fingerprint density at radius 3 is 2.35 bits per heavy atom. The van der Waals surface area contributed by atoms with Gasteiger partial charge in [-0.3, -0.25) is 14.5 Å². The van der Waals surface area contributed by atoms with Crippen LogP contribution in [0.3, 0.4) is 0 Å². The Balaban J connectivity index is 1.79. The van der Waals surface area contributed by atoms with Crippen molar-refractivity contribution in [2.24, 2.45) is 0 Å². The zero-order valence-corrected chi connectivity index (χ0v) is 13.5. The minimum atomic E-state index is -0.317. The van der Waals surface area contributed by atoms with Crippen LogP contribution in [-0.4, -0.2) is 21.2 Å². The van der Waals surface area contributed by atoms with Crippen LogP contribution >= 0.6 is 23.4 Å². The second-order valence-electron chi connectivity index (χ2n) is 4.99. The topological polar surface area (TPSA) is 57.6 Å². The summed E-state index contributed by atoms with van der Waals surface area (Å²) in [5.41, 5.74) is 1.59. The van der Waals surface area contributed by atoms with Crippen LogP contribution in [0.25, 0.3) is 6.08 Å². The summed E-state index contributed by atoms with van der Waals surface area (Å²) in [7, 11) is 0. The fourth-order valence-electron chi connectivity index (χ4n) is 2.13. The summed E-state index contributed by atoms with van der Waals surface area (Å²) in [6.07, 6.45) is 1.65. The van der Waals surface area contributed by atoms with Gasteiger partial charge in [0.2, 0.25) is 0 Å². The second kappa shape index (κ2) is 6.48. The molecule has 1 saturated heterocycles. The Kier molecular flexibility index (Phi) is 4.41. The van der Waals surface area contributed by atoms with Gasteiger partial charge in [0.05, 0.1) is 11.4 Å². The summed E-state index contributed by atoms with van der Waals surface area (Å²) in [4.78, 5) is 26.0. The summed E-state index contributed by atoms with van der Waals surface area (Å²) in [6, 6.07) is 13.5. The molecule has 2 aromatic carbocycles. The van der Waals surface area contributed by atoms with Gasteiger partial charge in [-0.15, -0.1) is 0 Å². The highest BCUT2D eigenvalue weighted by Gasteiger charge is 2.34. The van der Waals surface area contributed by atoms with Gasteiger partial charge < -0.3 is 5.11 Å². The average Bonchev–Trinajstić information content (AvgIpc) is 2.79. The summed E-state index contributed by atoms with van der Waals surface area (Å²) in [6.45, 7) is 0.217. The lowest BCUT2D eigenvalue weighted by Gasteiger charge is -2.12. The highest BCUT2D eigenvalue weighted by atomic mass is 35.5. The molecule has 1 fully saturated rings. The first-order valence-electron chi connectivity index (χ1n) is 6.82. The second-order valence-corrected chi connectivity index (χ2v) is 6.42. The van der Waals surface area contributed by atoms with Crippen molar-refractivity contribution in [1.82, 2.24) is 4.90 Å². The molecule has 0 saturated carbocycles. The summed E-state index contributed by atoms with van der Waals surface area (Å²) >= 11 is 6.74. The van der Waals surface area contributed by atoms with Crippen molar-refractivity contribution < 1.29 is 14.7 Å². The lowest BCUT2D eigenvalue weighted by atomic mass is 10.2. The van der Waals surface area contributed by atoms with Gasteiger partial charge in [-0.1, -0.05) is 35.9 Å². The minimum Gasteiger partial charge on any atom is -0.508 e. The maximum atomic E-state index is 12.4. The zero-order valence-electron chi connectivity index (χ0n) is 11.9. The Morgan fingerprint density at radius 2 is 1.70 bits per heavy atom. The molecule has 1 N–H and O–H groups in total. The number of thioether (sulfide) groups is 1. The number of amides is 2. The number of phenols is 1. The van der Waals surface area contributed by atoms with E-state index in [1.165, 1.54) is 17.0 Å². The molecule has 0 unspecified atom stereocenters. The van der Waals surface area contributed by atoms with Gasteiger partial charge in [-0.2, -0.15) is 0 Å². The Labute approximate surface area is 142 Å². The summed E-state index contributed by atoms with van der Waals surface area (Å²) < 4.78 is 0. The molecule has 2 amide bonds. The highest BCUT2D eigenvalue weighted by molar-refractivity contribution is 8.18. The van der Waals surface area contributed by atoms with Crippen molar-refractivity contribution in [3.8, 4) is 5.75 Å². The predicted molar refractivity (Wildman–Crippen MR) is 91.1 cm³/mol. The van der Waals surface area contributed by atoms with Crippen molar-refractivity contribution in [3.63, 3.8) is 0 Å². The minimum absolute atomic E-state index is 0.151. The quantitative estimate of drug-likeness (QED) is 0.843. The maximum absolute atomic E-state index is 12.4. The molecule has 0 bridgehead atoms. The number of hydrogen-bond acceptors (Lipinski definition) is 4. The lowest BCUT2D eigenvalue weighted by Crippen LogP contribution is -2.27.